The molecule has 2 saturated carbocycles. The summed E-state index contributed by atoms with van der Waals surface area (Å²) in [6, 6.07) is 8.59. The van der Waals surface area contributed by atoms with Gasteiger partial charge in [0.05, 0.1) is 11.7 Å². The summed E-state index contributed by atoms with van der Waals surface area (Å²) in [5.74, 6) is -7.56. The number of nitrogens with zero attached hydrogens (tertiary/aromatic N) is 3. The lowest BCUT2D eigenvalue weighted by molar-refractivity contribution is -0.184. The third kappa shape index (κ3) is 4.62. The smallest absolute Gasteiger partial charge is 0.230 e. The Balaban J connectivity index is 1.69. The van der Waals surface area contributed by atoms with Gasteiger partial charge in [-0.25, -0.2) is 0 Å². The number of anilines is 1. The van der Waals surface area contributed by atoms with Crippen molar-refractivity contribution < 1.29 is 34.8 Å². The van der Waals surface area contributed by atoms with Crippen LogP contribution in [-0.2, 0) is 27.3 Å². The van der Waals surface area contributed by atoms with Crippen molar-refractivity contribution in [2.75, 3.05) is 47.2 Å². The average molecular weight is 593 g/mol. The van der Waals surface area contributed by atoms with Crippen LogP contribution in [0.3, 0.4) is 0 Å². The van der Waals surface area contributed by atoms with Crippen LogP contribution in [0.2, 0.25) is 0 Å². The van der Waals surface area contributed by atoms with Crippen LogP contribution in [0.1, 0.15) is 23.1 Å². The molecule has 0 saturated heterocycles. The second-order valence-corrected chi connectivity index (χ2v) is 12.8. The molecule has 2 fully saturated rings. The minimum Gasteiger partial charge on any atom is -0.507 e. The maximum absolute atomic E-state index is 14.2. The summed E-state index contributed by atoms with van der Waals surface area (Å²) >= 11 is 0. The molecule has 0 radical (unpaired) electrons. The van der Waals surface area contributed by atoms with Gasteiger partial charge in [0.2, 0.25) is 11.7 Å². The number of ketones is 2. The number of likely N-dealkylation sites (N-methyl/N-ethyl adjacent to an activating group) is 1. The Labute approximate surface area is 250 Å². The number of primary amides is 1. The van der Waals surface area contributed by atoms with Crippen LogP contribution in [0.4, 0.5) is 5.69 Å². The Kier molecular flexibility index (Phi) is 7.67. The van der Waals surface area contributed by atoms with Crippen molar-refractivity contribution in [2.24, 2.45) is 23.5 Å². The molecule has 5 rings (SSSR count). The monoisotopic (exact) mass is 592 g/mol. The van der Waals surface area contributed by atoms with Crippen molar-refractivity contribution in [2.45, 2.75) is 37.1 Å². The first-order chi connectivity index (χ1) is 20.1. The molecule has 0 spiro atoms. The van der Waals surface area contributed by atoms with Gasteiger partial charge in [-0.1, -0.05) is 24.3 Å². The summed E-state index contributed by atoms with van der Waals surface area (Å²) in [5.41, 5.74) is 6.26. The summed E-state index contributed by atoms with van der Waals surface area (Å²) in [6.45, 7) is 0.737. The second-order valence-electron chi connectivity index (χ2n) is 12.8. The van der Waals surface area contributed by atoms with Crippen LogP contribution < -0.4 is 10.6 Å². The maximum atomic E-state index is 14.2. The van der Waals surface area contributed by atoms with Crippen LogP contribution in [0, 0.1) is 17.8 Å². The molecule has 0 aliphatic heterocycles. The van der Waals surface area contributed by atoms with E-state index in [-0.39, 0.29) is 29.7 Å². The molecule has 11 nitrogen and oxygen atoms in total. The number of Topliss-reactive ketones (excluding diaryl/α,β-unsaturated/α-hetero) is 2. The predicted octanol–water partition coefficient (Wildman–Crippen LogP) is 0.924. The number of fused-ring (bicyclic) bond motifs is 3. The van der Waals surface area contributed by atoms with E-state index in [1.165, 1.54) is 0 Å². The zero-order valence-electron chi connectivity index (χ0n) is 25.3. The lowest BCUT2D eigenvalue weighted by Gasteiger charge is -2.53. The minimum atomic E-state index is -2.69. The molecule has 2 aromatic rings. The number of aliphatic hydroxyl groups is 3. The Morgan fingerprint density at radius 2 is 1.67 bits per heavy atom. The standard InChI is InChI=1S/C32H40N4O7/c1-34(2)14-15-7-9-16(10-8-15)18-13-21(35(3)4)19-11-17-12-20-25(36(5)6)28(39)24(31(33)42)30(41)32(20,43)29(40)22(17)27(38)23(19)26(18)37/h7-10,13,17,20,24-25,28,37-39,43H,11-12,14H2,1-6H3,(H2,33,42)/t17-,20-,24?,25-,28?,32-/m1/s1. The molecule has 230 valence electrons. The van der Waals surface area contributed by atoms with Gasteiger partial charge in [-0.3, -0.25) is 14.4 Å². The normalized spacial score (nSPS) is 28.6. The first-order valence-electron chi connectivity index (χ1n) is 14.3. The van der Waals surface area contributed by atoms with E-state index in [1.807, 2.05) is 68.3 Å². The Bertz CT molecular complexity index is 1530. The van der Waals surface area contributed by atoms with E-state index in [2.05, 4.69) is 0 Å². The molecule has 11 heteroatoms. The van der Waals surface area contributed by atoms with Gasteiger partial charge in [-0.05, 0) is 69.7 Å². The highest BCUT2D eigenvalue weighted by molar-refractivity contribution is 6.25. The van der Waals surface area contributed by atoms with E-state index in [0.29, 0.717) is 16.7 Å². The van der Waals surface area contributed by atoms with E-state index in [4.69, 9.17) is 5.73 Å². The van der Waals surface area contributed by atoms with Crippen LogP contribution >= 0.6 is 0 Å². The molecule has 43 heavy (non-hydrogen) atoms. The van der Waals surface area contributed by atoms with Crippen molar-refractivity contribution in [1.29, 1.82) is 0 Å². The quantitative estimate of drug-likeness (QED) is 0.304. The number of nitrogens with two attached hydrogens (primary N) is 1. The molecule has 1 amide bonds. The molecule has 3 aliphatic rings. The maximum Gasteiger partial charge on any atom is 0.230 e. The van der Waals surface area contributed by atoms with Gasteiger partial charge in [0.25, 0.3) is 0 Å². The largest absolute Gasteiger partial charge is 0.507 e. The van der Waals surface area contributed by atoms with E-state index >= 15 is 0 Å². The topological polar surface area (TPSA) is 168 Å². The third-order valence-corrected chi connectivity index (χ3v) is 9.31. The number of hydrogen-bond donors (Lipinski definition) is 5. The molecule has 0 aromatic heterocycles. The SMILES string of the molecule is CN(C)Cc1ccc(-c2cc(N(C)C)c3c(c2O)C(O)=C2C(=O)[C@@]4(O)C(=O)C(C(N)=O)C(O)[C@H](N(C)C)[C@H]4C[C@H]2C3)cc1. The van der Waals surface area contributed by atoms with E-state index in [9.17, 15) is 34.8 Å². The highest BCUT2D eigenvalue weighted by Gasteiger charge is 2.67. The van der Waals surface area contributed by atoms with Gasteiger partial charge in [0.15, 0.2) is 11.4 Å². The van der Waals surface area contributed by atoms with Gasteiger partial charge in [-0.2, -0.15) is 0 Å². The molecule has 0 heterocycles. The Morgan fingerprint density at radius 3 is 2.21 bits per heavy atom. The van der Waals surface area contributed by atoms with Crippen molar-refractivity contribution in [3.05, 3.63) is 52.6 Å². The number of carbonyl (C=O) groups is 3. The van der Waals surface area contributed by atoms with Crippen molar-refractivity contribution in [3.63, 3.8) is 0 Å². The first kappa shape index (κ1) is 30.7. The summed E-state index contributed by atoms with van der Waals surface area (Å²) < 4.78 is 0. The number of phenols is 1. The number of aliphatic hydroxyl groups excluding tert-OH is 2. The zero-order valence-corrected chi connectivity index (χ0v) is 25.3. The van der Waals surface area contributed by atoms with Gasteiger partial charge in [-0.15, -0.1) is 0 Å². The fraction of sp³-hybridized carbons (Fsp3) is 0.469. The molecule has 3 aliphatic carbocycles. The first-order valence-corrected chi connectivity index (χ1v) is 14.3. The number of hydrogen-bond acceptors (Lipinski definition) is 10. The molecule has 6 atom stereocenters. The average Bonchev–Trinajstić information content (AvgIpc) is 2.90. The number of carbonyl (C=O) groups excluding carboxylic acids is 3. The number of phenolic OH excluding ortho intramolecular Hbond substituents is 1. The van der Waals surface area contributed by atoms with Gasteiger partial charge in [0, 0.05) is 49.4 Å². The summed E-state index contributed by atoms with van der Waals surface area (Å²) in [7, 11) is 10.9. The predicted molar refractivity (Wildman–Crippen MR) is 161 cm³/mol. The second kappa shape index (κ2) is 10.7. The van der Waals surface area contributed by atoms with Crippen LogP contribution in [0.15, 0.2) is 35.9 Å². The lowest BCUT2D eigenvalue weighted by Crippen LogP contribution is -2.73. The van der Waals surface area contributed by atoms with Crippen LogP contribution in [0.25, 0.3) is 16.9 Å². The van der Waals surface area contributed by atoms with Gasteiger partial charge >= 0.3 is 0 Å². The summed E-state index contributed by atoms with van der Waals surface area (Å²) in [5, 5.41) is 46.2. The highest BCUT2D eigenvalue weighted by Crippen LogP contribution is 2.54. The van der Waals surface area contributed by atoms with Crippen molar-refractivity contribution in [1.82, 2.24) is 9.80 Å². The minimum absolute atomic E-state index is 0.0686. The molecule has 6 N–H and O–H groups in total. The zero-order chi connectivity index (χ0) is 31.7. The fourth-order valence-electron chi connectivity index (χ4n) is 7.43. The number of amides is 1. The van der Waals surface area contributed by atoms with Crippen LogP contribution in [-0.4, -0.2) is 108 Å². The van der Waals surface area contributed by atoms with E-state index < -0.39 is 58.7 Å². The molecule has 0 bridgehead atoms. The van der Waals surface area contributed by atoms with Gasteiger partial charge in [0.1, 0.15) is 17.4 Å². The fourth-order valence-corrected chi connectivity index (χ4v) is 7.43. The molecule has 2 aromatic carbocycles. The third-order valence-electron chi connectivity index (χ3n) is 9.31. The van der Waals surface area contributed by atoms with Gasteiger partial charge < -0.3 is 40.9 Å². The number of benzene rings is 2. The van der Waals surface area contributed by atoms with Crippen molar-refractivity contribution in [3.8, 4) is 16.9 Å². The molecular formula is C32H40N4O7. The Morgan fingerprint density at radius 1 is 1.05 bits per heavy atom. The number of aromatic hydroxyl groups is 1. The summed E-state index contributed by atoms with van der Waals surface area (Å²) in [4.78, 5) is 45.5. The summed E-state index contributed by atoms with van der Waals surface area (Å²) in [6.07, 6.45) is -1.22. The molecule has 2 unspecified atom stereocenters. The van der Waals surface area contributed by atoms with E-state index in [1.54, 1.807) is 19.0 Å². The molecular weight excluding hydrogens is 552 g/mol. The highest BCUT2D eigenvalue weighted by atomic mass is 16.3. The van der Waals surface area contributed by atoms with Crippen LogP contribution in [0.5, 0.6) is 5.75 Å². The number of rotatable bonds is 6. The Hall–Kier alpha value is -3.77. The van der Waals surface area contributed by atoms with Crippen molar-refractivity contribution >= 4 is 28.9 Å². The van der Waals surface area contributed by atoms with E-state index in [0.717, 1.165) is 17.8 Å². The lowest BCUT2D eigenvalue weighted by atomic mass is 9.54.